The van der Waals surface area contributed by atoms with Gasteiger partial charge in [-0.2, -0.15) is 0 Å². The molecule has 0 radical (unpaired) electrons. The molecule has 1 heterocycles. The van der Waals surface area contributed by atoms with Crippen LogP contribution in [0.4, 0.5) is 5.69 Å². The molecule has 144 valence electrons. The van der Waals surface area contributed by atoms with Gasteiger partial charge >= 0.3 is 0 Å². The highest BCUT2D eigenvalue weighted by atomic mass is 16.2. The summed E-state index contributed by atoms with van der Waals surface area (Å²) >= 11 is 0. The number of nitrogens with zero attached hydrogens (tertiary/aromatic N) is 1. The van der Waals surface area contributed by atoms with E-state index in [4.69, 9.17) is 0 Å². The number of amides is 2. The minimum atomic E-state index is -0.259. The fraction of sp³-hybridized carbons (Fsp3) is 0.231. The van der Waals surface area contributed by atoms with Gasteiger partial charge in [-0.05, 0) is 66.5 Å². The van der Waals surface area contributed by atoms with Gasteiger partial charge in [0.1, 0.15) is 0 Å². The first-order chi connectivity index (χ1) is 14.1. The Balaban J connectivity index is 1.50. The second-order valence-corrected chi connectivity index (χ2v) is 8.10. The standard InChI is InChI=1S/C26H23NO2/c1-17(16-18-6-2-3-7-18)19-12-14-21(15-13-19)27-25(28)22-10-4-8-20-9-5-11-23(24(20)22)26(27)29/h4-5,8-16,18H,2-3,6-7H2,1H3. The summed E-state index contributed by atoms with van der Waals surface area (Å²) in [6.07, 6.45) is 7.56. The van der Waals surface area contributed by atoms with Crippen molar-refractivity contribution in [3.8, 4) is 0 Å². The van der Waals surface area contributed by atoms with Gasteiger partial charge in [-0.25, -0.2) is 4.90 Å². The fourth-order valence-electron chi connectivity index (χ4n) is 4.71. The monoisotopic (exact) mass is 381 g/mol. The summed E-state index contributed by atoms with van der Waals surface area (Å²) in [5.74, 6) is 0.160. The van der Waals surface area contributed by atoms with Crippen LogP contribution in [0.2, 0.25) is 0 Å². The van der Waals surface area contributed by atoms with Gasteiger partial charge in [0.2, 0.25) is 0 Å². The van der Waals surface area contributed by atoms with Crippen molar-refractivity contribution in [1.82, 2.24) is 0 Å². The molecule has 3 aromatic carbocycles. The fourth-order valence-corrected chi connectivity index (χ4v) is 4.71. The predicted octanol–water partition coefficient (Wildman–Crippen LogP) is 6.23. The number of carbonyl (C=O) groups excluding carboxylic acids is 2. The van der Waals surface area contributed by atoms with Crippen LogP contribution in [-0.4, -0.2) is 11.8 Å². The van der Waals surface area contributed by atoms with Crippen LogP contribution in [0.1, 0.15) is 58.9 Å². The summed E-state index contributed by atoms with van der Waals surface area (Å²) in [6, 6.07) is 19.0. The summed E-state index contributed by atoms with van der Waals surface area (Å²) in [6.45, 7) is 2.14. The van der Waals surface area contributed by atoms with Crippen molar-refractivity contribution in [3.63, 3.8) is 0 Å². The smallest absolute Gasteiger partial charge is 0.265 e. The molecule has 29 heavy (non-hydrogen) atoms. The van der Waals surface area contributed by atoms with Gasteiger partial charge in [-0.15, -0.1) is 0 Å². The van der Waals surface area contributed by atoms with Gasteiger partial charge in [-0.3, -0.25) is 9.59 Å². The normalized spacial score (nSPS) is 17.4. The predicted molar refractivity (Wildman–Crippen MR) is 117 cm³/mol. The number of hydrogen-bond acceptors (Lipinski definition) is 2. The Kier molecular flexibility index (Phi) is 4.31. The van der Waals surface area contributed by atoms with Crippen LogP contribution in [0.25, 0.3) is 16.3 Å². The third kappa shape index (κ3) is 2.98. The average Bonchev–Trinajstić information content (AvgIpc) is 3.25. The van der Waals surface area contributed by atoms with Crippen LogP contribution in [0.5, 0.6) is 0 Å². The van der Waals surface area contributed by atoms with E-state index in [1.807, 2.05) is 48.5 Å². The molecule has 2 amide bonds. The summed E-state index contributed by atoms with van der Waals surface area (Å²) in [7, 11) is 0. The maximum absolute atomic E-state index is 13.2. The maximum atomic E-state index is 13.2. The van der Waals surface area contributed by atoms with Crippen LogP contribution < -0.4 is 4.90 Å². The first kappa shape index (κ1) is 17.9. The van der Waals surface area contributed by atoms with E-state index in [-0.39, 0.29) is 11.8 Å². The minimum absolute atomic E-state index is 0.259. The molecule has 0 unspecified atom stereocenters. The molecular formula is C26H23NO2. The lowest BCUT2D eigenvalue weighted by Gasteiger charge is -2.27. The first-order valence-electron chi connectivity index (χ1n) is 10.3. The van der Waals surface area contributed by atoms with Gasteiger partial charge in [0, 0.05) is 16.5 Å². The van der Waals surface area contributed by atoms with Gasteiger partial charge in [0.15, 0.2) is 0 Å². The van der Waals surface area contributed by atoms with Gasteiger partial charge < -0.3 is 0 Å². The number of benzene rings is 3. The van der Waals surface area contributed by atoms with Crippen molar-refractivity contribution in [1.29, 1.82) is 0 Å². The third-order valence-corrected chi connectivity index (χ3v) is 6.24. The van der Waals surface area contributed by atoms with E-state index in [0.29, 0.717) is 22.7 Å². The molecule has 2 aliphatic rings. The maximum Gasteiger partial charge on any atom is 0.265 e. The highest BCUT2D eigenvalue weighted by molar-refractivity contribution is 6.35. The summed E-state index contributed by atoms with van der Waals surface area (Å²) in [4.78, 5) is 27.6. The van der Waals surface area contributed by atoms with Gasteiger partial charge in [0.05, 0.1) is 5.69 Å². The Morgan fingerprint density at radius 1 is 0.862 bits per heavy atom. The number of imide groups is 1. The Labute approximate surface area is 170 Å². The first-order valence-corrected chi connectivity index (χ1v) is 10.3. The number of carbonyl (C=O) groups is 2. The molecule has 3 nitrogen and oxygen atoms in total. The quantitative estimate of drug-likeness (QED) is 0.504. The molecule has 0 atom stereocenters. The van der Waals surface area contributed by atoms with Crippen molar-refractivity contribution in [3.05, 3.63) is 83.4 Å². The van der Waals surface area contributed by atoms with Gasteiger partial charge in [0.25, 0.3) is 11.8 Å². The highest BCUT2D eigenvalue weighted by Crippen LogP contribution is 2.34. The van der Waals surface area contributed by atoms with Crippen LogP contribution in [0.3, 0.4) is 0 Å². The lowest BCUT2D eigenvalue weighted by atomic mass is 9.93. The van der Waals surface area contributed by atoms with E-state index in [2.05, 4.69) is 13.0 Å². The molecule has 3 aromatic rings. The van der Waals surface area contributed by atoms with Crippen LogP contribution in [0.15, 0.2) is 66.7 Å². The van der Waals surface area contributed by atoms with Crippen LogP contribution in [0, 0.1) is 5.92 Å². The van der Waals surface area contributed by atoms with E-state index in [0.717, 1.165) is 16.3 Å². The SMILES string of the molecule is CC(=CC1CCCC1)c1ccc(N2C(=O)c3cccc4cccc(c34)C2=O)cc1. The average molecular weight is 381 g/mol. The third-order valence-electron chi connectivity index (χ3n) is 6.24. The van der Waals surface area contributed by atoms with Crippen molar-refractivity contribution >= 4 is 33.8 Å². The zero-order valence-corrected chi connectivity index (χ0v) is 16.5. The Morgan fingerprint density at radius 2 is 1.45 bits per heavy atom. The molecular weight excluding hydrogens is 358 g/mol. The Morgan fingerprint density at radius 3 is 2.03 bits per heavy atom. The van der Waals surface area contributed by atoms with E-state index in [1.54, 1.807) is 12.1 Å². The summed E-state index contributed by atoms with van der Waals surface area (Å²) in [5, 5.41) is 1.68. The zero-order valence-electron chi connectivity index (χ0n) is 16.5. The summed E-state index contributed by atoms with van der Waals surface area (Å²) in [5.41, 5.74) is 4.18. The number of hydrogen-bond donors (Lipinski definition) is 0. The minimum Gasteiger partial charge on any atom is -0.268 e. The topological polar surface area (TPSA) is 37.4 Å². The number of anilines is 1. The van der Waals surface area contributed by atoms with E-state index in [1.165, 1.54) is 36.2 Å². The molecule has 0 spiro atoms. The largest absolute Gasteiger partial charge is 0.268 e. The van der Waals surface area contributed by atoms with Crippen molar-refractivity contribution in [2.24, 2.45) is 5.92 Å². The Hall–Kier alpha value is -3.20. The molecule has 3 heteroatoms. The zero-order chi connectivity index (χ0) is 20.0. The second-order valence-electron chi connectivity index (χ2n) is 8.10. The van der Waals surface area contributed by atoms with Crippen LogP contribution >= 0.6 is 0 Å². The lowest BCUT2D eigenvalue weighted by molar-refractivity contribution is 0.0893. The van der Waals surface area contributed by atoms with E-state index in [9.17, 15) is 9.59 Å². The van der Waals surface area contributed by atoms with Crippen molar-refractivity contribution in [2.75, 3.05) is 4.90 Å². The molecule has 1 aliphatic heterocycles. The van der Waals surface area contributed by atoms with E-state index < -0.39 is 0 Å². The molecule has 0 bridgehead atoms. The molecule has 1 aliphatic carbocycles. The summed E-state index contributed by atoms with van der Waals surface area (Å²) < 4.78 is 0. The molecule has 0 aromatic heterocycles. The van der Waals surface area contributed by atoms with E-state index >= 15 is 0 Å². The second kappa shape index (κ2) is 7.00. The van der Waals surface area contributed by atoms with Crippen LogP contribution in [-0.2, 0) is 0 Å². The lowest BCUT2D eigenvalue weighted by Crippen LogP contribution is -2.40. The molecule has 0 saturated heterocycles. The molecule has 5 rings (SSSR count). The highest BCUT2D eigenvalue weighted by Gasteiger charge is 2.33. The molecule has 0 N–H and O–H groups in total. The van der Waals surface area contributed by atoms with Gasteiger partial charge in [-0.1, -0.05) is 55.3 Å². The Bertz CT molecular complexity index is 1100. The van der Waals surface area contributed by atoms with Crippen molar-refractivity contribution < 1.29 is 9.59 Å². The molecule has 1 saturated carbocycles. The number of rotatable bonds is 3. The molecule has 1 fully saturated rings. The van der Waals surface area contributed by atoms with Crippen molar-refractivity contribution in [2.45, 2.75) is 32.6 Å². The number of allylic oxidation sites excluding steroid dienone is 2.